The van der Waals surface area contributed by atoms with Crippen LogP contribution in [-0.4, -0.2) is 28.2 Å². The molecule has 0 saturated carbocycles. The number of hydrogen-bond donors (Lipinski definition) is 2. The van der Waals surface area contributed by atoms with Crippen molar-refractivity contribution in [1.82, 2.24) is 4.72 Å². The minimum absolute atomic E-state index is 0.0265. The summed E-state index contributed by atoms with van der Waals surface area (Å²) in [7, 11) is -2.16. The first-order chi connectivity index (χ1) is 8.77. The number of benzene rings is 1. The summed E-state index contributed by atoms with van der Waals surface area (Å²) in [5.41, 5.74) is 5.82. The molecule has 0 aliphatic carbocycles. The molecule has 108 valence electrons. The van der Waals surface area contributed by atoms with E-state index in [4.69, 9.17) is 22.1 Å². The fourth-order valence-corrected chi connectivity index (χ4v) is 3.23. The first kappa shape index (κ1) is 16.2. The molecule has 5 nitrogen and oxygen atoms in total. The zero-order chi connectivity index (χ0) is 14.6. The van der Waals surface area contributed by atoms with Crippen molar-refractivity contribution in [1.29, 1.82) is 0 Å². The minimum Gasteiger partial charge on any atom is -0.398 e. The Hall–Kier alpha value is -0.820. The van der Waals surface area contributed by atoms with Gasteiger partial charge >= 0.3 is 0 Å². The summed E-state index contributed by atoms with van der Waals surface area (Å²) >= 11 is 5.76. The van der Waals surface area contributed by atoms with Gasteiger partial charge in [0, 0.05) is 18.2 Å². The highest BCUT2D eigenvalue weighted by molar-refractivity contribution is 7.89. The van der Waals surface area contributed by atoms with Gasteiger partial charge in [0.1, 0.15) is 4.90 Å². The van der Waals surface area contributed by atoms with Crippen LogP contribution in [0.1, 0.15) is 13.8 Å². The zero-order valence-electron chi connectivity index (χ0n) is 11.2. The molecule has 0 amide bonds. The summed E-state index contributed by atoms with van der Waals surface area (Å²) < 4.78 is 32.1. The highest BCUT2D eigenvalue weighted by Gasteiger charge is 2.24. The fraction of sp³-hybridized carbons (Fsp3) is 0.500. The maximum atomic E-state index is 12.3. The predicted molar refractivity (Wildman–Crippen MR) is 76.7 cm³/mol. The lowest BCUT2D eigenvalue weighted by Crippen LogP contribution is -2.41. The molecule has 19 heavy (non-hydrogen) atoms. The van der Waals surface area contributed by atoms with E-state index in [1.165, 1.54) is 25.3 Å². The van der Waals surface area contributed by atoms with E-state index in [1.54, 1.807) is 0 Å². The van der Waals surface area contributed by atoms with Gasteiger partial charge in [0.15, 0.2) is 0 Å². The van der Waals surface area contributed by atoms with Gasteiger partial charge in [-0.15, -0.1) is 0 Å². The fourth-order valence-electron chi connectivity index (χ4n) is 1.57. The van der Waals surface area contributed by atoms with Crippen molar-refractivity contribution in [2.24, 2.45) is 5.92 Å². The van der Waals surface area contributed by atoms with Crippen LogP contribution in [-0.2, 0) is 14.8 Å². The van der Waals surface area contributed by atoms with Gasteiger partial charge in [-0.3, -0.25) is 0 Å². The molecule has 0 heterocycles. The lowest BCUT2D eigenvalue weighted by atomic mass is 10.1. The molecule has 0 radical (unpaired) electrons. The molecule has 1 atom stereocenters. The van der Waals surface area contributed by atoms with Crippen LogP contribution in [0.3, 0.4) is 0 Å². The Labute approximate surface area is 119 Å². The number of anilines is 1. The van der Waals surface area contributed by atoms with Crippen LogP contribution in [0.2, 0.25) is 5.02 Å². The summed E-state index contributed by atoms with van der Waals surface area (Å²) in [5.74, 6) is 0.100. The third-order valence-corrected chi connectivity index (χ3v) is 4.52. The second-order valence-corrected chi connectivity index (χ2v) is 6.73. The van der Waals surface area contributed by atoms with Gasteiger partial charge in [-0.2, -0.15) is 0 Å². The second-order valence-electron chi connectivity index (χ2n) is 4.61. The Morgan fingerprint density at radius 3 is 2.53 bits per heavy atom. The summed E-state index contributed by atoms with van der Waals surface area (Å²) in [6, 6.07) is 3.99. The van der Waals surface area contributed by atoms with Crippen LogP contribution in [0.15, 0.2) is 23.1 Å². The van der Waals surface area contributed by atoms with Crippen molar-refractivity contribution in [3.63, 3.8) is 0 Å². The number of rotatable bonds is 6. The van der Waals surface area contributed by atoms with Gasteiger partial charge in [0.25, 0.3) is 0 Å². The largest absolute Gasteiger partial charge is 0.398 e. The number of nitrogens with one attached hydrogen (secondary N) is 1. The van der Waals surface area contributed by atoms with Crippen LogP contribution in [0.5, 0.6) is 0 Å². The van der Waals surface area contributed by atoms with Crippen molar-refractivity contribution in [2.45, 2.75) is 24.8 Å². The maximum Gasteiger partial charge on any atom is 0.242 e. The normalized spacial score (nSPS) is 13.7. The maximum absolute atomic E-state index is 12.3. The van der Waals surface area contributed by atoms with E-state index in [0.29, 0.717) is 11.6 Å². The van der Waals surface area contributed by atoms with Crippen LogP contribution < -0.4 is 10.5 Å². The number of hydrogen-bond acceptors (Lipinski definition) is 4. The Balaban J connectivity index is 3.03. The first-order valence-corrected chi connectivity index (χ1v) is 7.70. The van der Waals surface area contributed by atoms with Crippen molar-refractivity contribution >= 4 is 27.3 Å². The van der Waals surface area contributed by atoms with Gasteiger partial charge in [0.05, 0.1) is 12.3 Å². The smallest absolute Gasteiger partial charge is 0.242 e. The highest BCUT2D eigenvalue weighted by Crippen LogP contribution is 2.23. The average molecular weight is 307 g/mol. The van der Waals surface area contributed by atoms with Gasteiger partial charge in [-0.25, -0.2) is 13.1 Å². The van der Waals surface area contributed by atoms with Crippen molar-refractivity contribution in [3.05, 3.63) is 23.2 Å². The molecule has 1 rings (SSSR count). The lowest BCUT2D eigenvalue weighted by molar-refractivity contribution is 0.157. The van der Waals surface area contributed by atoms with Crippen LogP contribution in [0.25, 0.3) is 0 Å². The molecule has 0 fully saturated rings. The molecular formula is C12H19ClN2O3S. The monoisotopic (exact) mass is 306 g/mol. The molecule has 0 aromatic heterocycles. The van der Waals surface area contributed by atoms with E-state index in [1.807, 2.05) is 13.8 Å². The van der Waals surface area contributed by atoms with Crippen LogP contribution in [0, 0.1) is 5.92 Å². The molecule has 3 N–H and O–H groups in total. The summed E-state index contributed by atoms with van der Waals surface area (Å²) in [6.45, 7) is 4.12. The quantitative estimate of drug-likeness (QED) is 0.786. The van der Waals surface area contributed by atoms with Gasteiger partial charge in [0.2, 0.25) is 10.0 Å². The number of sulfonamides is 1. The Morgan fingerprint density at radius 2 is 2.05 bits per heavy atom. The van der Waals surface area contributed by atoms with Gasteiger partial charge in [-0.05, 0) is 24.1 Å². The van der Waals surface area contributed by atoms with Crippen LogP contribution in [0.4, 0.5) is 5.69 Å². The number of ether oxygens (including phenoxy) is 1. The molecular weight excluding hydrogens is 288 g/mol. The Bertz CT molecular complexity index is 532. The van der Waals surface area contributed by atoms with E-state index in [9.17, 15) is 8.42 Å². The van der Waals surface area contributed by atoms with Crippen LogP contribution >= 0.6 is 11.6 Å². The Morgan fingerprint density at radius 1 is 1.42 bits per heavy atom. The van der Waals surface area contributed by atoms with Crippen molar-refractivity contribution in [3.8, 4) is 0 Å². The molecule has 0 aliphatic heterocycles. The SMILES string of the molecule is COCC(NS(=O)(=O)c1ccc(Cl)cc1N)C(C)C. The summed E-state index contributed by atoms with van der Waals surface area (Å²) in [5, 5.41) is 0.397. The molecule has 0 spiro atoms. The predicted octanol–water partition coefficient (Wildman–Crippen LogP) is 1.87. The number of nitrogens with two attached hydrogens (primary N) is 1. The Kier molecular flexibility index (Phi) is 5.61. The molecule has 0 saturated heterocycles. The third-order valence-electron chi connectivity index (χ3n) is 2.72. The number of methoxy groups -OCH3 is 1. The summed E-state index contributed by atoms with van der Waals surface area (Å²) in [4.78, 5) is 0.0265. The van der Waals surface area contributed by atoms with Gasteiger partial charge in [-0.1, -0.05) is 25.4 Å². The molecule has 1 aromatic rings. The number of nitrogen functional groups attached to an aromatic ring is 1. The van der Waals surface area contributed by atoms with E-state index in [2.05, 4.69) is 4.72 Å². The molecule has 1 unspecified atom stereocenters. The second kappa shape index (κ2) is 6.56. The molecule has 1 aromatic carbocycles. The third kappa shape index (κ3) is 4.35. The molecule has 0 bridgehead atoms. The lowest BCUT2D eigenvalue weighted by Gasteiger charge is -2.21. The van der Waals surface area contributed by atoms with Gasteiger partial charge < -0.3 is 10.5 Å². The minimum atomic E-state index is -3.69. The topological polar surface area (TPSA) is 81.4 Å². The van der Waals surface area contributed by atoms with E-state index >= 15 is 0 Å². The average Bonchev–Trinajstić information content (AvgIpc) is 2.27. The highest BCUT2D eigenvalue weighted by atomic mass is 35.5. The van der Waals surface area contributed by atoms with E-state index in [-0.39, 0.29) is 22.5 Å². The van der Waals surface area contributed by atoms with Crippen molar-refractivity contribution in [2.75, 3.05) is 19.5 Å². The standard InChI is InChI=1S/C12H19ClN2O3S/c1-8(2)11(7-18-3)15-19(16,17)12-5-4-9(13)6-10(12)14/h4-6,8,11,15H,7,14H2,1-3H3. The van der Waals surface area contributed by atoms with E-state index < -0.39 is 10.0 Å². The van der Waals surface area contributed by atoms with Crippen molar-refractivity contribution < 1.29 is 13.2 Å². The molecule has 0 aliphatic rings. The summed E-state index contributed by atoms with van der Waals surface area (Å²) in [6.07, 6.45) is 0. The van der Waals surface area contributed by atoms with E-state index in [0.717, 1.165) is 0 Å². The molecule has 7 heteroatoms. The number of halogens is 1. The zero-order valence-corrected chi connectivity index (χ0v) is 12.8. The first-order valence-electron chi connectivity index (χ1n) is 5.84.